The average molecular weight is 141 g/mol. The summed E-state index contributed by atoms with van der Waals surface area (Å²) in [6.07, 6.45) is 1.35. The van der Waals surface area contributed by atoms with Crippen LogP contribution in [-0.4, -0.2) is 29.8 Å². The van der Waals surface area contributed by atoms with Crippen LogP contribution < -0.4 is 0 Å². The number of hydrogen-bond donors (Lipinski definition) is 0. The normalized spacial score (nSPS) is 42.6. The Morgan fingerprint density at radius 3 is 2.89 bits per heavy atom. The molecular weight excluding hydrogens is 130 g/mol. The predicted octanol–water partition coefficient (Wildman–Crippen LogP) is 1.32. The molecule has 9 heavy (non-hydrogen) atoms. The molecule has 0 aliphatic carbocycles. The molecule has 0 aromatic rings. The van der Waals surface area contributed by atoms with Crippen molar-refractivity contribution >= 4 is 11.8 Å². The molecular formula is C7H11NS. The van der Waals surface area contributed by atoms with E-state index < -0.39 is 0 Å². The Bertz CT molecular complexity index is 155. The highest BCUT2D eigenvalue weighted by atomic mass is 32.2. The molecule has 2 aliphatic heterocycles. The highest BCUT2D eigenvalue weighted by molar-refractivity contribution is 8.04. The molecule has 0 saturated carbocycles. The molecule has 2 fully saturated rings. The molecule has 2 atom stereocenters. The van der Waals surface area contributed by atoms with Gasteiger partial charge in [0.2, 0.25) is 0 Å². The van der Waals surface area contributed by atoms with Crippen molar-refractivity contribution in [2.24, 2.45) is 0 Å². The van der Waals surface area contributed by atoms with Crippen LogP contribution in [0.1, 0.15) is 6.42 Å². The molecule has 2 bridgehead atoms. The lowest BCUT2D eigenvalue weighted by Gasteiger charge is -2.22. The molecule has 50 valence electrons. The molecule has 0 amide bonds. The molecule has 2 saturated heterocycles. The molecule has 2 heteroatoms. The van der Waals surface area contributed by atoms with Crippen LogP contribution in [0.4, 0.5) is 0 Å². The maximum absolute atomic E-state index is 4.01. The van der Waals surface area contributed by atoms with Crippen molar-refractivity contribution in [1.29, 1.82) is 0 Å². The Labute approximate surface area is 60.1 Å². The fourth-order valence-electron chi connectivity index (χ4n) is 1.71. The third-order valence-electron chi connectivity index (χ3n) is 2.20. The molecule has 2 heterocycles. The van der Waals surface area contributed by atoms with Gasteiger partial charge in [-0.3, -0.25) is 4.90 Å². The second kappa shape index (κ2) is 1.77. The van der Waals surface area contributed by atoms with Crippen molar-refractivity contribution in [3.05, 3.63) is 11.5 Å². The van der Waals surface area contributed by atoms with E-state index in [0.717, 1.165) is 5.25 Å². The minimum Gasteiger partial charge on any atom is -0.298 e. The van der Waals surface area contributed by atoms with E-state index in [-0.39, 0.29) is 0 Å². The van der Waals surface area contributed by atoms with Gasteiger partial charge in [0, 0.05) is 17.8 Å². The summed E-state index contributed by atoms with van der Waals surface area (Å²) >= 11 is 1.98. The summed E-state index contributed by atoms with van der Waals surface area (Å²) < 4.78 is 0. The lowest BCUT2D eigenvalue weighted by Crippen LogP contribution is -2.28. The minimum absolute atomic E-state index is 0.708. The lowest BCUT2D eigenvalue weighted by molar-refractivity contribution is 0.351. The zero-order chi connectivity index (χ0) is 6.43. The van der Waals surface area contributed by atoms with Crippen LogP contribution in [0.2, 0.25) is 0 Å². The number of fused-ring (bicyclic) bond motifs is 2. The highest BCUT2D eigenvalue weighted by Crippen LogP contribution is 2.44. The van der Waals surface area contributed by atoms with Crippen molar-refractivity contribution in [2.45, 2.75) is 17.7 Å². The standard InChI is InChI=1S/C7H11NS/c1-5-7-3-6(9-5)4-8(7)2/h6-7H,1,3-4H2,2H3. The Morgan fingerprint density at radius 2 is 2.56 bits per heavy atom. The van der Waals surface area contributed by atoms with Crippen LogP contribution in [-0.2, 0) is 0 Å². The van der Waals surface area contributed by atoms with E-state index in [1.165, 1.54) is 17.9 Å². The minimum atomic E-state index is 0.708. The summed E-state index contributed by atoms with van der Waals surface area (Å²) in [4.78, 5) is 3.79. The smallest absolute Gasteiger partial charge is 0.0410 e. The summed E-state index contributed by atoms with van der Waals surface area (Å²) in [5.41, 5.74) is 0. The van der Waals surface area contributed by atoms with Gasteiger partial charge in [0.15, 0.2) is 0 Å². The summed E-state index contributed by atoms with van der Waals surface area (Å²) in [5, 5.41) is 0.868. The topological polar surface area (TPSA) is 3.24 Å². The van der Waals surface area contributed by atoms with Gasteiger partial charge in [-0.25, -0.2) is 0 Å². The molecule has 2 aliphatic rings. The highest BCUT2D eigenvalue weighted by Gasteiger charge is 2.38. The number of nitrogens with zero attached hydrogens (tertiary/aromatic N) is 1. The first kappa shape index (κ1) is 5.81. The molecule has 0 N–H and O–H groups in total. The SMILES string of the molecule is C=C1SC2CC1N(C)C2. The maximum Gasteiger partial charge on any atom is 0.0410 e. The van der Waals surface area contributed by atoms with Crippen LogP contribution in [0, 0.1) is 0 Å². The van der Waals surface area contributed by atoms with E-state index in [2.05, 4.69) is 18.5 Å². The molecule has 0 aromatic carbocycles. The third kappa shape index (κ3) is 0.733. The second-order valence-corrected chi connectivity index (χ2v) is 4.32. The molecule has 1 nitrogen and oxygen atoms in total. The quantitative estimate of drug-likeness (QED) is 0.500. The van der Waals surface area contributed by atoms with Gasteiger partial charge in [0.1, 0.15) is 0 Å². The number of rotatable bonds is 0. The van der Waals surface area contributed by atoms with Crippen LogP contribution in [0.15, 0.2) is 11.5 Å². The zero-order valence-corrected chi connectivity index (χ0v) is 6.45. The van der Waals surface area contributed by atoms with Gasteiger partial charge in [-0.05, 0) is 18.4 Å². The second-order valence-electron chi connectivity index (χ2n) is 2.90. The molecule has 2 rings (SSSR count). The first-order valence-electron chi connectivity index (χ1n) is 3.33. The van der Waals surface area contributed by atoms with E-state index in [1.54, 1.807) is 0 Å². The fraction of sp³-hybridized carbons (Fsp3) is 0.714. The molecule has 0 aromatic heterocycles. The van der Waals surface area contributed by atoms with Crippen molar-refractivity contribution in [2.75, 3.05) is 13.6 Å². The largest absolute Gasteiger partial charge is 0.298 e. The number of hydrogen-bond acceptors (Lipinski definition) is 2. The van der Waals surface area contributed by atoms with Gasteiger partial charge in [0.25, 0.3) is 0 Å². The van der Waals surface area contributed by atoms with Crippen molar-refractivity contribution in [1.82, 2.24) is 4.90 Å². The van der Waals surface area contributed by atoms with Crippen LogP contribution in [0.25, 0.3) is 0 Å². The Kier molecular flexibility index (Phi) is 1.14. The van der Waals surface area contributed by atoms with E-state index in [4.69, 9.17) is 0 Å². The molecule has 2 unspecified atom stereocenters. The van der Waals surface area contributed by atoms with Crippen LogP contribution in [0.5, 0.6) is 0 Å². The van der Waals surface area contributed by atoms with E-state index in [0.29, 0.717) is 6.04 Å². The van der Waals surface area contributed by atoms with Gasteiger partial charge in [-0.15, -0.1) is 11.8 Å². The first-order valence-corrected chi connectivity index (χ1v) is 4.21. The molecule has 0 spiro atoms. The Hall–Kier alpha value is 0.0500. The summed E-state index contributed by atoms with van der Waals surface area (Å²) in [5.74, 6) is 0. The third-order valence-corrected chi connectivity index (χ3v) is 3.45. The Balaban J connectivity index is 2.21. The maximum atomic E-state index is 4.01. The molecule has 0 radical (unpaired) electrons. The number of thioether (sulfide) groups is 1. The van der Waals surface area contributed by atoms with Crippen LogP contribution >= 0.6 is 11.8 Å². The summed E-state index contributed by atoms with van der Waals surface area (Å²) in [6.45, 7) is 5.28. The van der Waals surface area contributed by atoms with Gasteiger partial charge in [0.05, 0.1) is 0 Å². The van der Waals surface area contributed by atoms with E-state index in [9.17, 15) is 0 Å². The van der Waals surface area contributed by atoms with Crippen molar-refractivity contribution in [3.63, 3.8) is 0 Å². The van der Waals surface area contributed by atoms with Gasteiger partial charge < -0.3 is 0 Å². The average Bonchev–Trinajstić information content (AvgIpc) is 2.22. The predicted molar refractivity (Wildman–Crippen MR) is 41.6 cm³/mol. The van der Waals surface area contributed by atoms with Gasteiger partial charge in [-0.2, -0.15) is 0 Å². The number of likely N-dealkylation sites (N-methyl/N-ethyl adjacent to an activating group) is 1. The first-order chi connectivity index (χ1) is 4.27. The van der Waals surface area contributed by atoms with Gasteiger partial charge >= 0.3 is 0 Å². The monoisotopic (exact) mass is 141 g/mol. The lowest BCUT2D eigenvalue weighted by atomic mass is 10.2. The van der Waals surface area contributed by atoms with E-state index >= 15 is 0 Å². The van der Waals surface area contributed by atoms with Gasteiger partial charge in [-0.1, -0.05) is 6.58 Å². The van der Waals surface area contributed by atoms with Crippen LogP contribution in [0.3, 0.4) is 0 Å². The summed E-state index contributed by atoms with van der Waals surface area (Å²) in [7, 11) is 2.19. The van der Waals surface area contributed by atoms with Crippen molar-refractivity contribution in [3.8, 4) is 0 Å². The summed E-state index contributed by atoms with van der Waals surface area (Å²) in [6, 6.07) is 0.708. The fourth-order valence-corrected chi connectivity index (χ4v) is 3.16. The zero-order valence-electron chi connectivity index (χ0n) is 5.63. The Morgan fingerprint density at radius 1 is 1.78 bits per heavy atom. The number of likely N-dealkylation sites (tertiary alicyclic amines) is 1. The van der Waals surface area contributed by atoms with Crippen molar-refractivity contribution < 1.29 is 0 Å². The van der Waals surface area contributed by atoms with E-state index in [1.807, 2.05) is 11.8 Å².